The van der Waals surface area contributed by atoms with Gasteiger partial charge < -0.3 is 0 Å². The Labute approximate surface area is 112 Å². The fourth-order valence-electron chi connectivity index (χ4n) is 2.59. The number of rotatable bonds is 0. The molecule has 0 bridgehead atoms. The van der Waals surface area contributed by atoms with Crippen LogP contribution in [0.3, 0.4) is 0 Å². The Morgan fingerprint density at radius 3 is 2.65 bits per heavy atom. The van der Waals surface area contributed by atoms with Crippen molar-refractivity contribution in [2.24, 2.45) is 0 Å². The molecular weight excluding hydrogens is 271 g/mol. The first-order chi connectivity index (χ1) is 8.00. The molecule has 0 saturated carbocycles. The van der Waals surface area contributed by atoms with Gasteiger partial charge in [0.2, 0.25) is 0 Å². The number of benzene rings is 1. The summed E-state index contributed by atoms with van der Waals surface area (Å²) in [5.41, 5.74) is 5.72. The molecule has 80 valence electrons. The van der Waals surface area contributed by atoms with Gasteiger partial charge in [-0.25, -0.2) is 0 Å². The molecule has 0 unspecified atom stereocenters. The Kier molecular flexibility index (Phi) is 2.19. The molecule has 0 aliphatic heterocycles. The van der Waals surface area contributed by atoms with Gasteiger partial charge in [0.15, 0.2) is 0 Å². The van der Waals surface area contributed by atoms with Crippen LogP contribution in [0, 0.1) is 12.1 Å². The Hall–Kier alpha value is -1.20. The average molecular weight is 281 g/mol. The molecule has 0 atom stereocenters. The van der Waals surface area contributed by atoms with Crippen LogP contribution in [-0.2, 0) is 5.41 Å². The molecule has 0 heterocycles. The molecule has 0 amide bonds. The van der Waals surface area contributed by atoms with Crippen molar-refractivity contribution in [2.75, 3.05) is 0 Å². The van der Waals surface area contributed by atoms with Gasteiger partial charge in [-0.15, -0.1) is 0 Å². The summed E-state index contributed by atoms with van der Waals surface area (Å²) in [7, 11) is 5.88. The predicted molar refractivity (Wildman–Crippen MR) is 74.8 cm³/mol. The van der Waals surface area contributed by atoms with E-state index in [9.17, 15) is 0 Å². The van der Waals surface area contributed by atoms with Crippen LogP contribution in [0.4, 0.5) is 0 Å². The first-order valence-corrected chi connectivity index (χ1v) is 6.34. The smallest absolute Gasteiger partial charge is 0.0960 e. The molecule has 0 spiro atoms. The zero-order chi connectivity index (χ0) is 12.2. The summed E-state index contributed by atoms with van der Waals surface area (Å²) in [6, 6.07) is 14.6. The summed E-state index contributed by atoms with van der Waals surface area (Å²) in [6.45, 7) is 4.43. The number of hydrogen-bond acceptors (Lipinski definition) is 0. The Balaban J connectivity index is 2.39. The van der Waals surface area contributed by atoms with Gasteiger partial charge in [-0.3, -0.25) is 0 Å². The van der Waals surface area contributed by atoms with Gasteiger partial charge in [-0.2, -0.15) is 0 Å². The molecule has 3 rings (SSSR count). The molecule has 0 N–H and O–H groups in total. The van der Waals surface area contributed by atoms with Gasteiger partial charge >= 0.3 is 0 Å². The summed E-state index contributed by atoms with van der Waals surface area (Å²) in [5, 5.41) is 0. The topological polar surface area (TPSA) is 0 Å². The van der Waals surface area contributed by atoms with Gasteiger partial charge in [0, 0.05) is 11.0 Å². The monoisotopic (exact) mass is 280 g/mol. The number of hydrogen-bond donors (Lipinski definition) is 0. The molecule has 0 fully saturated rings. The molecule has 0 saturated heterocycles. The maximum Gasteiger partial charge on any atom is 0.113 e. The molecule has 1 aliphatic carbocycles. The fourth-order valence-corrected chi connectivity index (χ4v) is 2.92. The third kappa shape index (κ3) is 1.46. The molecule has 0 nitrogen and oxygen atoms in total. The third-order valence-electron chi connectivity index (χ3n) is 3.48. The lowest BCUT2D eigenvalue weighted by atomic mass is 9.82. The molecular formula is C15H10BBr. The third-order valence-corrected chi connectivity index (χ3v) is 3.91. The Bertz CT molecular complexity index is 561. The van der Waals surface area contributed by atoms with Gasteiger partial charge in [-0.05, 0) is 38.7 Å². The van der Waals surface area contributed by atoms with E-state index in [0.29, 0.717) is 0 Å². The van der Waals surface area contributed by atoms with Crippen molar-refractivity contribution in [3.63, 3.8) is 0 Å². The highest BCUT2D eigenvalue weighted by Gasteiger charge is 2.35. The van der Waals surface area contributed by atoms with E-state index in [4.69, 9.17) is 7.85 Å². The van der Waals surface area contributed by atoms with Crippen molar-refractivity contribution in [2.45, 2.75) is 19.3 Å². The zero-order valence-electron chi connectivity index (χ0n) is 9.76. The molecule has 17 heavy (non-hydrogen) atoms. The van der Waals surface area contributed by atoms with Crippen LogP contribution in [0.25, 0.3) is 11.1 Å². The summed E-state index contributed by atoms with van der Waals surface area (Å²) in [6.07, 6.45) is 0. The van der Waals surface area contributed by atoms with Crippen LogP contribution in [0.5, 0.6) is 0 Å². The van der Waals surface area contributed by atoms with E-state index in [-0.39, 0.29) is 5.41 Å². The molecule has 2 radical (unpaired) electrons. The van der Waals surface area contributed by atoms with Crippen molar-refractivity contribution >= 4 is 29.2 Å². The zero-order valence-corrected chi connectivity index (χ0v) is 11.4. The molecule has 2 heteroatoms. The van der Waals surface area contributed by atoms with E-state index in [2.05, 4.69) is 54.0 Å². The van der Waals surface area contributed by atoms with Crippen LogP contribution in [-0.4, -0.2) is 7.85 Å². The maximum absolute atomic E-state index is 5.88. The maximum atomic E-state index is 5.88. The Morgan fingerprint density at radius 2 is 1.88 bits per heavy atom. The van der Waals surface area contributed by atoms with Gasteiger partial charge in [-0.1, -0.05) is 49.6 Å². The lowest BCUT2D eigenvalue weighted by Gasteiger charge is -2.19. The second-order valence-corrected chi connectivity index (χ2v) is 5.82. The van der Waals surface area contributed by atoms with E-state index >= 15 is 0 Å². The fraction of sp³-hybridized carbons (Fsp3) is 0.200. The predicted octanol–water partition coefficient (Wildman–Crippen LogP) is 3.15. The summed E-state index contributed by atoms with van der Waals surface area (Å²) < 4.78 is 0.933. The minimum Gasteiger partial charge on any atom is -0.0960 e. The van der Waals surface area contributed by atoms with E-state index < -0.39 is 0 Å². The van der Waals surface area contributed by atoms with Crippen molar-refractivity contribution in [3.05, 3.63) is 52.0 Å². The van der Waals surface area contributed by atoms with Crippen LogP contribution in [0.15, 0.2) is 28.7 Å². The van der Waals surface area contributed by atoms with Crippen LogP contribution < -0.4 is 5.46 Å². The summed E-state index contributed by atoms with van der Waals surface area (Å²) >= 11 is 3.45. The first kappa shape index (κ1) is 10.9. The van der Waals surface area contributed by atoms with Gasteiger partial charge in [0.05, 0.1) is 4.47 Å². The summed E-state index contributed by atoms with van der Waals surface area (Å²) in [5.74, 6) is 0. The van der Waals surface area contributed by atoms with Crippen LogP contribution in [0.2, 0.25) is 0 Å². The minimum absolute atomic E-state index is 0.0183. The molecule has 2 aromatic carbocycles. The lowest BCUT2D eigenvalue weighted by Crippen LogP contribution is -2.15. The van der Waals surface area contributed by atoms with Crippen molar-refractivity contribution in [1.29, 1.82) is 0 Å². The summed E-state index contributed by atoms with van der Waals surface area (Å²) in [4.78, 5) is 0. The van der Waals surface area contributed by atoms with Crippen molar-refractivity contribution < 1.29 is 0 Å². The highest BCUT2D eigenvalue weighted by molar-refractivity contribution is 9.10. The normalized spacial score (nSPS) is 15.0. The largest absolute Gasteiger partial charge is 0.113 e. The average Bonchev–Trinajstić information content (AvgIpc) is 2.47. The molecule has 0 aromatic heterocycles. The van der Waals surface area contributed by atoms with Crippen molar-refractivity contribution in [3.8, 4) is 11.1 Å². The number of fused-ring (bicyclic) bond motifs is 3. The van der Waals surface area contributed by atoms with Gasteiger partial charge in [0.25, 0.3) is 0 Å². The highest BCUT2D eigenvalue weighted by Crippen LogP contribution is 2.47. The highest BCUT2D eigenvalue weighted by atomic mass is 79.9. The standard InChI is InChI=1S/C15H10BBr/c1-15(2)13-5-3-9(16)7-11(13)12-8-10(17)4-6-14(12)15/h3,5,7-8H,1-2H3. The van der Waals surface area contributed by atoms with Crippen LogP contribution in [0.1, 0.15) is 25.0 Å². The van der Waals surface area contributed by atoms with E-state index in [0.717, 1.165) is 9.94 Å². The second-order valence-electron chi connectivity index (χ2n) is 4.96. The Morgan fingerprint density at radius 1 is 1.12 bits per heavy atom. The number of halogens is 1. The SMILES string of the molecule is [B]c1ccc2c(c1)-c1cc(Br)c#cc1C2(C)C. The first-order valence-electron chi connectivity index (χ1n) is 5.54. The van der Waals surface area contributed by atoms with E-state index in [1.165, 1.54) is 22.3 Å². The van der Waals surface area contributed by atoms with Crippen LogP contribution >= 0.6 is 15.9 Å². The van der Waals surface area contributed by atoms with Gasteiger partial charge in [0.1, 0.15) is 7.85 Å². The van der Waals surface area contributed by atoms with Crippen molar-refractivity contribution in [1.82, 2.24) is 0 Å². The molecule has 1 aliphatic rings. The lowest BCUT2D eigenvalue weighted by molar-refractivity contribution is 0.661. The van der Waals surface area contributed by atoms with E-state index in [1.807, 2.05) is 12.1 Å². The quantitative estimate of drug-likeness (QED) is 0.651. The minimum atomic E-state index is -0.0183. The van der Waals surface area contributed by atoms with E-state index in [1.54, 1.807) is 0 Å². The second kappa shape index (κ2) is 3.40. The molecule has 2 aromatic rings.